The zero-order valence-corrected chi connectivity index (χ0v) is 15.6. The Hall–Kier alpha value is 0.760. The van der Waals surface area contributed by atoms with Gasteiger partial charge >= 0.3 is 0 Å². The summed E-state index contributed by atoms with van der Waals surface area (Å²) in [6.07, 6.45) is 16.9. The van der Waals surface area contributed by atoms with Gasteiger partial charge in [0.25, 0.3) is 0 Å². The SMILES string of the molecule is CCCCCCCCCCCCCCC(=O)CS.[Au]. The maximum absolute atomic E-state index is 11.0. The van der Waals surface area contributed by atoms with Crippen molar-refractivity contribution < 1.29 is 27.2 Å². The van der Waals surface area contributed by atoms with Gasteiger partial charge in [-0.25, -0.2) is 0 Å². The summed E-state index contributed by atoms with van der Waals surface area (Å²) in [6.45, 7) is 2.27. The van der Waals surface area contributed by atoms with E-state index in [1.807, 2.05) is 0 Å². The number of thiol groups is 1. The second-order valence-electron chi connectivity index (χ2n) is 5.34. The summed E-state index contributed by atoms with van der Waals surface area (Å²) in [7, 11) is 0. The van der Waals surface area contributed by atoms with Gasteiger partial charge in [0.15, 0.2) is 0 Å². The normalized spacial score (nSPS) is 10.2. The first kappa shape index (κ1) is 22.0. The third-order valence-electron chi connectivity index (χ3n) is 3.49. The fraction of sp³-hybridized carbons (Fsp3) is 0.938. The quantitative estimate of drug-likeness (QED) is 0.200. The third kappa shape index (κ3) is 18.8. The second-order valence-corrected chi connectivity index (χ2v) is 5.65. The number of rotatable bonds is 14. The van der Waals surface area contributed by atoms with Crippen molar-refractivity contribution >= 4 is 18.4 Å². The largest absolute Gasteiger partial charge is 0.299 e. The van der Waals surface area contributed by atoms with E-state index in [0.717, 1.165) is 12.8 Å². The van der Waals surface area contributed by atoms with Crippen molar-refractivity contribution in [3.8, 4) is 0 Å². The Balaban J connectivity index is 0. The molecule has 0 spiro atoms. The molecule has 19 heavy (non-hydrogen) atoms. The molecule has 0 saturated heterocycles. The number of hydrogen-bond donors (Lipinski definition) is 1. The standard InChI is InChI=1S/C16H32OS.Au/c1-2-3-4-5-6-7-8-9-10-11-12-13-14-16(17)15-18;/h18H,2-15H2,1H3;. The first-order valence-corrected chi connectivity index (χ1v) is 8.57. The van der Waals surface area contributed by atoms with Crippen LogP contribution in [0.5, 0.6) is 0 Å². The molecular weight excluding hydrogens is 437 g/mol. The molecule has 0 saturated carbocycles. The molecule has 0 fully saturated rings. The van der Waals surface area contributed by atoms with Crippen molar-refractivity contribution in [1.29, 1.82) is 0 Å². The Morgan fingerprint density at radius 3 is 1.47 bits per heavy atom. The minimum Gasteiger partial charge on any atom is -0.299 e. The number of hydrogen-bond acceptors (Lipinski definition) is 2. The molecule has 0 rings (SSSR count). The van der Waals surface area contributed by atoms with Gasteiger partial charge in [0.1, 0.15) is 5.78 Å². The number of carbonyl (C=O) groups is 1. The summed E-state index contributed by atoms with van der Waals surface area (Å²) in [4.78, 5) is 11.0. The van der Waals surface area contributed by atoms with Crippen molar-refractivity contribution in [1.82, 2.24) is 0 Å². The second kappa shape index (κ2) is 18.8. The number of unbranched alkanes of at least 4 members (excludes halogenated alkanes) is 11. The van der Waals surface area contributed by atoms with E-state index in [4.69, 9.17) is 0 Å². The topological polar surface area (TPSA) is 17.1 Å². The molecule has 3 heteroatoms. The van der Waals surface area contributed by atoms with E-state index in [1.165, 1.54) is 70.6 Å². The van der Waals surface area contributed by atoms with E-state index in [-0.39, 0.29) is 22.4 Å². The van der Waals surface area contributed by atoms with Gasteiger partial charge < -0.3 is 0 Å². The Bertz CT molecular complexity index is 186. The Kier molecular flexibility index (Phi) is 21.8. The monoisotopic (exact) mass is 469 g/mol. The van der Waals surface area contributed by atoms with Crippen molar-refractivity contribution in [2.45, 2.75) is 90.4 Å². The maximum atomic E-state index is 11.0. The molecule has 0 N–H and O–H groups in total. The average molecular weight is 469 g/mol. The van der Waals surface area contributed by atoms with E-state index in [9.17, 15) is 4.79 Å². The summed E-state index contributed by atoms with van der Waals surface area (Å²) in [5.41, 5.74) is 0. The summed E-state index contributed by atoms with van der Waals surface area (Å²) < 4.78 is 0. The average Bonchev–Trinajstić information content (AvgIpc) is 2.39. The molecule has 119 valence electrons. The van der Waals surface area contributed by atoms with E-state index >= 15 is 0 Å². The molecule has 0 aliphatic heterocycles. The smallest absolute Gasteiger partial charge is 0.142 e. The predicted octanol–water partition coefficient (Wildman–Crippen LogP) is 5.57. The molecule has 0 atom stereocenters. The van der Waals surface area contributed by atoms with Gasteiger partial charge in [0.2, 0.25) is 0 Å². The Morgan fingerprint density at radius 1 is 0.737 bits per heavy atom. The number of Topliss-reactive ketones (excluding diaryl/α,β-unsaturated/α-hetero) is 1. The molecule has 1 radical (unpaired) electrons. The van der Waals surface area contributed by atoms with Crippen LogP contribution in [0.15, 0.2) is 0 Å². The molecule has 0 aliphatic rings. The van der Waals surface area contributed by atoms with Crippen LogP contribution in [0.3, 0.4) is 0 Å². The summed E-state index contributed by atoms with van der Waals surface area (Å²) in [6, 6.07) is 0. The molecule has 0 amide bonds. The molecule has 0 aromatic rings. The first-order chi connectivity index (χ1) is 8.81. The minimum atomic E-state index is 0. The first-order valence-electron chi connectivity index (χ1n) is 7.93. The molecule has 0 aromatic heterocycles. The predicted molar refractivity (Wildman–Crippen MR) is 84.6 cm³/mol. The van der Waals surface area contributed by atoms with Crippen LogP contribution >= 0.6 is 12.6 Å². The van der Waals surface area contributed by atoms with Crippen LogP contribution in [-0.4, -0.2) is 11.5 Å². The zero-order chi connectivity index (χ0) is 13.5. The fourth-order valence-electron chi connectivity index (χ4n) is 2.24. The van der Waals surface area contributed by atoms with Crippen LogP contribution in [-0.2, 0) is 27.2 Å². The van der Waals surface area contributed by atoms with Gasteiger partial charge in [0.05, 0.1) is 0 Å². The minimum absolute atomic E-state index is 0. The van der Waals surface area contributed by atoms with Gasteiger partial charge in [-0.2, -0.15) is 12.6 Å². The summed E-state index contributed by atoms with van der Waals surface area (Å²) in [5, 5.41) is 0. The zero-order valence-electron chi connectivity index (χ0n) is 12.6. The van der Waals surface area contributed by atoms with Gasteiger partial charge in [-0.05, 0) is 6.42 Å². The third-order valence-corrected chi connectivity index (χ3v) is 3.84. The van der Waals surface area contributed by atoms with Gasteiger partial charge in [0, 0.05) is 34.6 Å². The van der Waals surface area contributed by atoms with Crippen LogP contribution in [0.1, 0.15) is 90.4 Å². The Labute approximate surface area is 141 Å². The van der Waals surface area contributed by atoms with Crippen LogP contribution in [0, 0.1) is 0 Å². The van der Waals surface area contributed by atoms with Gasteiger partial charge in [-0.3, -0.25) is 4.79 Å². The van der Waals surface area contributed by atoms with Crippen molar-refractivity contribution in [3.63, 3.8) is 0 Å². The van der Waals surface area contributed by atoms with Gasteiger partial charge in [-0.1, -0.05) is 77.6 Å². The molecule has 1 nitrogen and oxygen atoms in total. The number of carbonyl (C=O) groups excluding carboxylic acids is 1. The van der Waals surface area contributed by atoms with Crippen molar-refractivity contribution in [3.05, 3.63) is 0 Å². The molecule has 0 heterocycles. The molecule has 0 aliphatic carbocycles. The molecule has 0 aromatic carbocycles. The summed E-state index contributed by atoms with van der Waals surface area (Å²) >= 11 is 3.98. The molecular formula is C16H32AuOS. The van der Waals surface area contributed by atoms with Crippen molar-refractivity contribution in [2.24, 2.45) is 0 Å². The maximum Gasteiger partial charge on any atom is 0.142 e. The van der Waals surface area contributed by atoms with E-state index in [1.54, 1.807) is 0 Å². The number of ketones is 1. The summed E-state index contributed by atoms with van der Waals surface area (Å²) in [5.74, 6) is 0.711. The van der Waals surface area contributed by atoms with E-state index in [0.29, 0.717) is 11.5 Å². The molecule has 0 unspecified atom stereocenters. The van der Waals surface area contributed by atoms with Gasteiger partial charge in [-0.15, -0.1) is 0 Å². The van der Waals surface area contributed by atoms with Crippen LogP contribution < -0.4 is 0 Å². The molecule has 0 bridgehead atoms. The van der Waals surface area contributed by atoms with Crippen LogP contribution in [0.4, 0.5) is 0 Å². The van der Waals surface area contributed by atoms with E-state index in [2.05, 4.69) is 19.6 Å². The fourth-order valence-corrected chi connectivity index (χ4v) is 2.40. The van der Waals surface area contributed by atoms with Crippen molar-refractivity contribution in [2.75, 3.05) is 5.75 Å². The van der Waals surface area contributed by atoms with Crippen LogP contribution in [0.25, 0.3) is 0 Å². The Morgan fingerprint density at radius 2 is 1.11 bits per heavy atom. The van der Waals surface area contributed by atoms with E-state index < -0.39 is 0 Å². The van der Waals surface area contributed by atoms with Crippen LogP contribution in [0.2, 0.25) is 0 Å².